The number of carbonyl (C=O) groups is 1. The van der Waals surface area contributed by atoms with Gasteiger partial charge in [-0.25, -0.2) is 0 Å². The Balaban J connectivity index is 1.70. The normalized spacial score (nSPS) is 28.5. The van der Waals surface area contributed by atoms with Gasteiger partial charge in [0.1, 0.15) is 6.10 Å². The molecule has 7 nitrogen and oxygen atoms in total. The first-order valence-corrected chi connectivity index (χ1v) is 10.7. The summed E-state index contributed by atoms with van der Waals surface area (Å²) >= 11 is 5.64. The van der Waals surface area contributed by atoms with Crippen molar-refractivity contribution in [2.24, 2.45) is 5.92 Å². The summed E-state index contributed by atoms with van der Waals surface area (Å²) in [6.07, 6.45) is -1.81. The van der Waals surface area contributed by atoms with E-state index in [2.05, 4.69) is 10.6 Å². The number of nitrogens with one attached hydrogen (secondary N) is 2. The fourth-order valence-electron chi connectivity index (χ4n) is 4.57. The van der Waals surface area contributed by atoms with Crippen LogP contribution in [0, 0.1) is 5.92 Å². The van der Waals surface area contributed by atoms with Crippen LogP contribution in [0.25, 0.3) is 10.8 Å². The average Bonchev–Trinajstić information content (AvgIpc) is 3.07. The predicted octanol–water partition coefficient (Wildman–Crippen LogP) is 0.691. The zero-order valence-electron chi connectivity index (χ0n) is 17.2. The maximum Gasteiger partial charge on any atom is 0.225 e. The number of amides is 1. The molecule has 4 rings (SSSR count). The number of aliphatic hydroxyl groups is 2. The van der Waals surface area contributed by atoms with Crippen LogP contribution in [-0.2, 0) is 4.79 Å². The van der Waals surface area contributed by atoms with Gasteiger partial charge in [-0.1, -0.05) is 36.4 Å². The highest BCUT2D eigenvalue weighted by atomic mass is 32.1. The Hall–Kier alpha value is -2.26. The number of rotatable bonds is 5. The van der Waals surface area contributed by atoms with Gasteiger partial charge in [0.05, 0.1) is 29.8 Å². The van der Waals surface area contributed by atoms with Gasteiger partial charge in [0, 0.05) is 18.5 Å². The fourth-order valence-corrected chi connectivity index (χ4v) is 4.93. The Morgan fingerprint density at radius 3 is 2.73 bits per heavy atom. The van der Waals surface area contributed by atoms with Crippen LogP contribution >= 0.6 is 12.2 Å². The molecule has 1 amide bonds. The van der Waals surface area contributed by atoms with Crippen LogP contribution in [0.2, 0.25) is 0 Å². The number of thiocarbonyl (C=S) groups is 1. The van der Waals surface area contributed by atoms with Gasteiger partial charge in [0.25, 0.3) is 0 Å². The van der Waals surface area contributed by atoms with Crippen molar-refractivity contribution >= 4 is 39.7 Å². The Morgan fingerprint density at radius 1 is 1.23 bits per heavy atom. The fraction of sp³-hybridized carbons (Fsp3) is 0.455. The minimum absolute atomic E-state index is 0.130. The number of nitrogens with zero attached hydrogens (tertiary/aromatic N) is 2. The van der Waals surface area contributed by atoms with Gasteiger partial charge in [-0.3, -0.25) is 4.79 Å². The van der Waals surface area contributed by atoms with E-state index in [-0.39, 0.29) is 18.4 Å². The smallest absolute Gasteiger partial charge is 0.225 e. The largest absolute Gasteiger partial charge is 0.390 e. The quantitative estimate of drug-likeness (QED) is 0.521. The van der Waals surface area contributed by atoms with Gasteiger partial charge < -0.3 is 30.6 Å². The highest BCUT2D eigenvalue weighted by Crippen LogP contribution is 2.39. The second kappa shape index (κ2) is 8.47. The minimum atomic E-state index is -1.00. The average molecular weight is 429 g/mol. The second-order valence-corrected chi connectivity index (χ2v) is 8.72. The Bertz CT molecular complexity index is 948. The summed E-state index contributed by atoms with van der Waals surface area (Å²) in [6.45, 7) is 1.24. The molecule has 8 heteroatoms. The van der Waals surface area contributed by atoms with Gasteiger partial charge in [0.2, 0.25) is 5.91 Å². The second-order valence-electron chi connectivity index (χ2n) is 8.33. The van der Waals surface area contributed by atoms with Crippen LogP contribution in [0.15, 0.2) is 42.5 Å². The van der Waals surface area contributed by atoms with E-state index in [1.807, 2.05) is 66.4 Å². The van der Waals surface area contributed by atoms with Gasteiger partial charge in [-0.15, -0.1) is 0 Å². The number of benzene rings is 2. The molecule has 0 spiro atoms. The standard InChI is InChI=1S/C22H28N4O3S/c1-25(2)11-10-23-21(29)15-12-17(27)20(28)18-19(15)26(22(30)24-18)16-9-5-7-13-6-3-4-8-14(13)16/h3-9,15,17-20,27-28H,10-12H2,1-2H3,(H,23,29)(H,24,30)/t15-,17+,18-,19+,20-/m0/s1. The lowest BCUT2D eigenvalue weighted by atomic mass is 9.77. The van der Waals surface area contributed by atoms with E-state index in [0.717, 1.165) is 23.0 Å². The summed E-state index contributed by atoms with van der Waals surface area (Å²) in [5.74, 6) is -0.642. The molecule has 0 aromatic heterocycles. The highest BCUT2D eigenvalue weighted by molar-refractivity contribution is 7.80. The third-order valence-corrected chi connectivity index (χ3v) is 6.38. The summed E-state index contributed by atoms with van der Waals surface area (Å²) in [4.78, 5) is 17.1. The zero-order chi connectivity index (χ0) is 21.4. The molecule has 0 bridgehead atoms. The van der Waals surface area contributed by atoms with E-state index in [9.17, 15) is 15.0 Å². The van der Waals surface area contributed by atoms with E-state index < -0.39 is 24.2 Å². The first kappa shape index (κ1) is 21.0. The molecule has 1 aliphatic carbocycles. The third-order valence-electron chi connectivity index (χ3n) is 6.07. The highest BCUT2D eigenvalue weighted by Gasteiger charge is 2.54. The van der Waals surface area contributed by atoms with Crippen LogP contribution in [0.1, 0.15) is 6.42 Å². The molecule has 1 aliphatic heterocycles. The SMILES string of the molecule is CN(C)CCNC(=O)[C@H]1C[C@@H](O)[C@H](O)[C@H]2NC(=S)N(c3cccc4ccccc34)[C@@H]21. The molecule has 5 atom stereocenters. The molecule has 2 fully saturated rings. The predicted molar refractivity (Wildman–Crippen MR) is 121 cm³/mol. The molecular weight excluding hydrogens is 400 g/mol. The van der Waals surface area contributed by atoms with Crippen LogP contribution in [-0.4, -0.2) is 77.6 Å². The molecule has 1 saturated heterocycles. The van der Waals surface area contributed by atoms with Crippen LogP contribution in [0.3, 0.4) is 0 Å². The number of anilines is 1. The minimum Gasteiger partial charge on any atom is -0.390 e. The summed E-state index contributed by atoms with van der Waals surface area (Å²) in [5.41, 5.74) is 0.896. The number of fused-ring (bicyclic) bond motifs is 2. The van der Waals surface area contributed by atoms with Gasteiger partial charge in [-0.2, -0.15) is 0 Å². The number of aliphatic hydroxyl groups excluding tert-OH is 2. The van der Waals surface area contributed by atoms with Crippen molar-refractivity contribution in [3.63, 3.8) is 0 Å². The van der Waals surface area contributed by atoms with Gasteiger partial charge in [0.15, 0.2) is 5.11 Å². The summed E-state index contributed by atoms with van der Waals surface area (Å²) in [7, 11) is 3.90. The molecule has 2 aromatic rings. The molecule has 30 heavy (non-hydrogen) atoms. The molecular formula is C22H28N4O3S. The Morgan fingerprint density at radius 2 is 1.97 bits per heavy atom. The lowest BCUT2D eigenvalue weighted by Gasteiger charge is -2.41. The topological polar surface area (TPSA) is 88.1 Å². The van der Waals surface area contributed by atoms with Crippen molar-refractivity contribution in [3.05, 3.63) is 42.5 Å². The molecule has 0 radical (unpaired) electrons. The van der Waals surface area contributed by atoms with Crippen LogP contribution in [0.4, 0.5) is 5.69 Å². The van der Waals surface area contributed by atoms with E-state index in [1.165, 1.54) is 0 Å². The lowest BCUT2D eigenvalue weighted by Crippen LogP contribution is -2.61. The number of hydrogen-bond donors (Lipinski definition) is 4. The maximum atomic E-state index is 13.1. The number of likely N-dealkylation sites (N-methyl/N-ethyl adjacent to an activating group) is 1. The first-order valence-electron chi connectivity index (χ1n) is 10.2. The molecule has 1 saturated carbocycles. The van der Waals surface area contributed by atoms with E-state index in [1.54, 1.807) is 0 Å². The van der Waals surface area contributed by atoms with Crippen molar-refractivity contribution in [2.45, 2.75) is 30.7 Å². The summed E-state index contributed by atoms with van der Waals surface area (Å²) in [5, 5.41) is 29.8. The van der Waals surface area contributed by atoms with E-state index in [0.29, 0.717) is 11.7 Å². The van der Waals surface area contributed by atoms with E-state index >= 15 is 0 Å². The third kappa shape index (κ3) is 3.76. The van der Waals surface area contributed by atoms with Crippen LogP contribution < -0.4 is 15.5 Å². The zero-order valence-corrected chi connectivity index (χ0v) is 18.0. The van der Waals surface area contributed by atoms with E-state index in [4.69, 9.17) is 12.2 Å². The van der Waals surface area contributed by atoms with Crippen molar-refractivity contribution in [2.75, 3.05) is 32.1 Å². The lowest BCUT2D eigenvalue weighted by molar-refractivity contribution is -0.131. The number of carbonyl (C=O) groups excluding carboxylic acids is 1. The first-order chi connectivity index (χ1) is 14.4. The monoisotopic (exact) mass is 428 g/mol. The molecule has 0 unspecified atom stereocenters. The van der Waals surface area contributed by atoms with Gasteiger partial charge >= 0.3 is 0 Å². The number of hydrogen-bond acceptors (Lipinski definition) is 5. The molecule has 2 aromatic carbocycles. The molecule has 1 heterocycles. The molecule has 2 aliphatic rings. The maximum absolute atomic E-state index is 13.1. The van der Waals surface area contributed by atoms with Crippen LogP contribution in [0.5, 0.6) is 0 Å². The summed E-state index contributed by atoms with van der Waals surface area (Å²) in [6, 6.07) is 13.1. The van der Waals surface area contributed by atoms with Gasteiger partial charge in [-0.05, 0) is 44.2 Å². The van der Waals surface area contributed by atoms with Crippen molar-refractivity contribution in [3.8, 4) is 0 Å². The molecule has 4 N–H and O–H groups in total. The Labute approximate surface area is 181 Å². The van der Waals surface area contributed by atoms with Crippen molar-refractivity contribution in [1.29, 1.82) is 0 Å². The van der Waals surface area contributed by atoms with Crippen molar-refractivity contribution < 1.29 is 15.0 Å². The summed E-state index contributed by atoms with van der Waals surface area (Å²) < 4.78 is 0. The molecule has 160 valence electrons. The Kier molecular flexibility index (Phi) is 5.92. The van der Waals surface area contributed by atoms with Crippen molar-refractivity contribution in [1.82, 2.24) is 15.5 Å².